The van der Waals surface area contributed by atoms with Gasteiger partial charge in [-0.05, 0) is 6.42 Å². The fourth-order valence-corrected chi connectivity index (χ4v) is 2.28. The highest BCUT2D eigenvalue weighted by Gasteiger charge is 2.07. The summed E-state index contributed by atoms with van der Waals surface area (Å²) in [6, 6.07) is -0.355. The van der Waals surface area contributed by atoms with E-state index in [1.54, 1.807) is 0 Å². The van der Waals surface area contributed by atoms with Gasteiger partial charge < -0.3 is 5.73 Å². The molecule has 2 N–H and O–H groups in total. The lowest BCUT2D eigenvalue weighted by atomic mass is 10.0. The maximum atomic E-state index is 10.8. The third-order valence-electron chi connectivity index (χ3n) is 3.44. The normalized spacial score (nSPS) is 12.6. The summed E-state index contributed by atoms with van der Waals surface area (Å²) in [6.45, 7) is 2.26. The Morgan fingerprint density at radius 1 is 0.889 bits per heavy atom. The molecule has 0 heterocycles. The second-order valence-electron chi connectivity index (χ2n) is 5.27. The Balaban J connectivity index is 3.05. The zero-order valence-corrected chi connectivity index (χ0v) is 12.9. The van der Waals surface area contributed by atoms with Crippen molar-refractivity contribution in [1.29, 1.82) is 0 Å². The van der Waals surface area contributed by atoms with E-state index in [4.69, 9.17) is 5.73 Å². The summed E-state index contributed by atoms with van der Waals surface area (Å²) >= 11 is 3.74. The van der Waals surface area contributed by atoms with Crippen molar-refractivity contribution >= 4 is 17.7 Å². The van der Waals surface area contributed by atoms with Crippen molar-refractivity contribution in [2.75, 3.05) is 0 Å². The number of carbonyl (C=O) groups is 1. The van der Waals surface area contributed by atoms with Gasteiger partial charge in [0, 0.05) is 0 Å². The standard InChI is InChI=1S/C15H31NOS/c1-2-3-4-5-6-7-8-9-10-11-12-13-14(16)15(17)18/h14H,2-13,16H2,1H3,(H,17,18)/t14-/m0/s1. The van der Waals surface area contributed by atoms with Crippen LogP contribution in [0.2, 0.25) is 0 Å². The van der Waals surface area contributed by atoms with E-state index in [0.29, 0.717) is 0 Å². The van der Waals surface area contributed by atoms with Crippen LogP contribution in [0.4, 0.5) is 0 Å². The van der Waals surface area contributed by atoms with Crippen LogP contribution in [-0.2, 0) is 4.79 Å². The molecule has 0 bridgehead atoms. The van der Waals surface area contributed by atoms with E-state index in [1.807, 2.05) is 0 Å². The van der Waals surface area contributed by atoms with Crippen molar-refractivity contribution in [2.24, 2.45) is 5.73 Å². The van der Waals surface area contributed by atoms with Gasteiger partial charge in [-0.25, -0.2) is 0 Å². The number of carbonyl (C=O) groups excluding carboxylic acids is 1. The fraction of sp³-hybridized carbons (Fsp3) is 0.933. The van der Waals surface area contributed by atoms with Crippen LogP contribution in [0, 0.1) is 0 Å². The first-order chi connectivity index (χ1) is 8.68. The lowest BCUT2D eigenvalue weighted by Gasteiger charge is -2.06. The van der Waals surface area contributed by atoms with Crippen molar-refractivity contribution in [3.05, 3.63) is 0 Å². The summed E-state index contributed by atoms with van der Waals surface area (Å²) in [5.74, 6) is 0. The monoisotopic (exact) mass is 273 g/mol. The molecule has 0 fully saturated rings. The van der Waals surface area contributed by atoms with Crippen molar-refractivity contribution in [2.45, 2.75) is 90.0 Å². The molecule has 0 aromatic heterocycles. The molecular formula is C15H31NOS. The molecule has 0 aromatic rings. The van der Waals surface area contributed by atoms with E-state index in [2.05, 4.69) is 19.6 Å². The molecule has 0 amide bonds. The number of thiol groups is 1. The average molecular weight is 273 g/mol. The van der Waals surface area contributed by atoms with Crippen LogP contribution >= 0.6 is 12.6 Å². The van der Waals surface area contributed by atoms with Crippen LogP contribution in [0.5, 0.6) is 0 Å². The van der Waals surface area contributed by atoms with Crippen LogP contribution in [-0.4, -0.2) is 11.2 Å². The number of unbranched alkanes of at least 4 members (excludes halogenated alkanes) is 10. The molecule has 1 atom stereocenters. The number of rotatable bonds is 13. The first-order valence-corrected chi connectivity index (χ1v) is 8.11. The Hall–Kier alpha value is -0.0200. The third kappa shape index (κ3) is 12.4. The molecule has 0 aliphatic rings. The predicted molar refractivity (Wildman–Crippen MR) is 83.0 cm³/mol. The Morgan fingerprint density at radius 3 is 1.67 bits per heavy atom. The van der Waals surface area contributed by atoms with E-state index in [1.165, 1.54) is 64.2 Å². The topological polar surface area (TPSA) is 43.1 Å². The van der Waals surface area contributed by atoms with Crippen molar-refractivity contribution < 1.29 is 4.79 Å². The molecular weight excluding hydrogens is 242 g/mol. The molecule has 0 saturated heterocycles. The molecule has 0 unspecified atom stereocenters. The van der Waals surface area contributed by atoms with Gasteiger partial charge in [-0.3, -0.25) is 4.79 Å². The average Bonchev–Trinajstić information content (AvgIpc) is 2.35. The highest BCUT2D eigenvalue weighted by atomic mass is 32.1. The summed E-state index contributed by atoms with van der Waals surface area (Å²) in [6.07, 6.45) is 15.4. The largest absolute Gasteiger partial charge is 0.321 e. The third-order valence-corrected chi connectivity index (χ3v) is 3.77. The van der Waals surface area contributed by atoms with Gasteiger partial charge in [-0.2, -0.15) is 0 Å². The highest BCUT2D eigenvalue weighted by molar-refractivity contribution is 7.96. The summed E-state index contributed by atoms with van der Waals surface area (Å²) < 4.78 is 0. The molecule has 0 aromatic carbocycles. The van der Waals surface area contributed by atoms with Gasteiger partial charge in [-0.1, -0.05) is 77.6 Å². The quantitative estimate of drug-likeness (QED) is 0.384. The zero-order valence-electron chi connectivity index (χ0n) is 12.0. The SMILES string of the molecule is CCCCCCCCCCCCC[C@H](N)C(=O)S. The number of hydrogen-bond acceptors (Lipinski definition) is 2. The van der Waals surface area contributed by atoms with E-state index >= 15 is 0 Å². The van der Waals surface area contributed by atoms with Crippen molar-refractivity contribution in [3.8, 4) is 0 Å². The summed E-state index contributed by atoms with van der Waals surface area (Å²) in [7, 11) is 0. The minimum atomic E-state index is -0.355. The van der Waals surface area contributed by atoms with Crippen molar-refractivity contribution in [3.63, 3.8) is 0 Å². The Labute approximate surface area is 119 Å². The Morgan fingerprint density at radius 2 is 1.28 bits per heavy atom. The second-order valence-corrected chi connectivity index (χ2v) is 5.71. The lowest BCUT2D eigenvalue weighted by Crippen LogP contribution is -2.26. The molecule has 0 aliphatic carbocycles. The first-order valence-electron chi connectivity index (χ1n) is 7.67. The highest BCUT2D eigenvalue weighted by Crippen LogP contribution is 2.12. The van der Waals surface area contributed by atoms with Crippen LogP contribution in [0.25, 0.3) is 0 Å². The molecule has 108 valence electrons. The number of hydrogen-bond donors (Lipinski definition) is 2. The minimum Gasteiger partial charge on any atom is -0.321 e. The summed E-state index contributed by atoms with van der Waals surface area (Å²) in [4.78, 5) is 10.8. The Kier molecular flexibility index (Phi) is 13.4. The smallest absolute Gasteiger partial charge is 0.202 e. The van der Waals surface area contributed by atoms with E-state index < -0.39 is 0 Å². The summed E-state index contributed by atoms with van der Waals surface area (Å²) in [5.41, 5.74) is 5.61. The first kappa shape index (κ1) is 18.0. The second kappa shape index (κ2) is 13.4. The number of nitrogens with two attached hydrogens (primary N) is 1. The van der Waals surface area contributed by atoms with Gasteiger partial charge in [0.2, 0.25) is 5.12 Å². The molecule has 3 heteroatoms. The Bertz CT molecular complexity index is 197. The van der Waals surface area contributed by atoms with Gasteiger partial charge in [0.05, 0.1) is 6.04 Å². The van der Waals surface area contributed by atoms with E-state index in [-0.39, 0.29) is 11.2 Å². The maximum Gasteiger partial charge on any atom is 0.202 e. The molecule has 0 spiro atoms. The van der Waals surface area contributed by atoms with Crippen molar-refractivity contribution in [1.82, 2.24) is 0 Å². The minimum absolute atomic E-state index is 0.179. The zero-order chi connectivity index (χ0) is 13.6. The van der Waals surface area contributed by atoms with Gasteiger partial charge in [0.25, 0.3) is 0 Å². The van der Waals surface area contributed by atoms with Gasteiger partial charge >= 0.3 is 0 Å². The predicted octanol–water partition coefficient (Wildman–Crippen LogP) is 4.47. The van der Waals surface area contributed by atoms with E-state index in [0.717, 1.165) is 12.8 Å². The lowest BCUT2D eigenvalue weighted by molar-refractivity contribution is -0.112. The maximum absolute atomic E-state index is 10.8. The van der Waals surface area contributed by atoms with Gasteiger partial charge in [0.15, 0.2) is 0 Å². The van der Waals surface area contributed by atoms with Gasteiger partial charge in [-0.15, -0.1) is 12.6 Å². The van der Waals surface area contributed by atoms with Crippen LogP contribution in [0.15, 0.2) is 0 Å². The molecule has 0 rings (SSSR count). The molecule has 2 nitrogen and oxygen atoms in total. The van der Waals surface area contributed by atoms with Gasteiger partial charge in [0.1, 0.15) is 0 Å². The molecule has 0 aliphatic heterocycles. The van der Waals surface area contributed by atoms with Crippen LogP contribution in [0.1, 0.15) is 84.0 Å². The molecule has 18 heavy (non-hydrogen) atoms. The summed E-state index contributed by atoms with van der Waals surface area (Å²) in [5, 5.41) is -0.179. The van der Waals surface area contributed by atoms with Crippen LogP contribution in [0.3, 0.4) is 0 Å². The molecule has 0 radical (unpaired) electrons. The van der Waals surface area contributed by atoms with E-state index in [9.17, 15) is 4.79 Å². The fourth-order valence-electron chi connectivity index (χ4n) is 2.15. The van der Waals surface area contributed by atoms with Crippen LogP contribution < -0.4 is 5.73 Å². The molecule has 0 saturated carbocycles.